The van der Waals surface area contributed by atoms with Gasteiger partial charge >= 0.3 is 12.0 Å². The van der Waals surface area contributed by atoms with Crippen molar-refractivity contribution < 1.29 is 19.1 Å². The van der Waals surface area contributed by atoms with E-state index >= 15 is 0 Å². The van der Waals surface area contributed by atoms with Gasteiger partial charge < -0.3 is 21.1 Å². The SMILES string of the molecule is CCOC(=O)/C=C\c1ccc(NC(=O)[C@H](CC(C)C)NC(N)=O)cc1. The molecule has 1 aromatic rings. The number of benzene rings is 1. The quantitative estimate of drug-likeness (QED) is 0.495. The highest BCUT2D eigenvalue weighted by molar-refractivity contribution is 5.97. The maximum atomic E-state index is 12.3. The van der Waals surface area contributed by atoms with E-state index in [0.717, 1.165) is 5.56 Å². The zero-order valence-corrected chi connectivity index (χ0v) is 14.7. The molecular formula is C18H25N3O4. The second kappa shape index (κ2) is 10.1. The lowest BCUT2D eigenvalue weighted by atomic mass is 10.0. The smallest absolute Gasteiger partial charge is 0.330 e. The molecule has 0 bridgehead atoms. The maximum absolute atomic E-state index is 12.3. The van der Waals surface area contributed by atoms with Crippen molar-refractivity contribution in [2.24, 2.45) is 11.7 Å². The standard InChI is InChI=1S/C18H25N3O4/c1-4-25-16(22)10-7-13-5-8-14(9-6-13)20-17(23)15(11-12(2)3)21-18(19)24/h5-10,12,15H,4,11H2,1-3H3,(H,20,23)(H3,19,21,24)/b10-7-/t15-/m0/s1. The van der Waals surface area contributed by atoms with E-state index < -0.39 is 18.0 Å². The molecule has 0 fully saturated rings. The molecule has 3 amide bonds. The highest BCUT2D eigenvalue weighted by Crippen LogP contribution is 2.13. The van der Waals surface area contributed by atoms with E-state index in [0.29, 0.717) is 18.7 Å². The molecule has 25 heavy (non-hydrogen) atoms. The first-order valence-electron chi connectivity index (χ1n) is 8.13. The van der Waals surface area contributed by atoms with Crippen LogP contribution in [0.4, 0.5) is 10.5 Å². The lowest BCUT2D eigenvalue weighted by Gasteiger charge is -2.19. The van der Waals surface area contributed by atoms with Crippen LogP contribution in [0.2, 0.25) is 0 Å². The number of esters is 1. The first kappa shape index (κ1) is 20.2. The summed E-state index contributed by atoms with van der Waals surface area (Å²) in [6, 6.07) is 5.49. The Bertz CT molecular complexity index is 624. The molecule has 7 heteroatoms. The number of carbonyl (C=O) groups is 3. The number of ether oxygens (including phenoxy) is 1. The van der Waals surface area contributed by atoms with Gasteiger partial charge in [0.05, 0.1) is 6.61 Å². The van der Waals surface area contributed by atoms with Gasteiger partial charge in [-0.25, -0.2) is 9.59 Å². The molecule has 7 nitrogen and oxygen atoms in total. The molecular weight excluding hydrogens is 322 g/mol. The molecule has 0 unspecified atom stereocenters. The summed E-state index contributed by atoms with van der Waals surface area (Å²) in [5.41, 5.74) is 6.50. The van der Waals surface area contributed by atoms with Crippen molar-refractivity contribution >= 4 is 29.7 Å². The molecule has 1 atom stereocenters. The van der Waals surface area contributed by atoms with Crippen LogP contribution < -0.4 is 16.4 Å². The Morgan fingerprint density at radius 1 is 1.20 bits per heavy atom. The fourth-order valence-corrected chi connectivity index (χ4v) is 2.14. The number of hydrogen-bond donors (Lipinski definition) is 3. The molecule has 1 aromatic carbocycles. The summed E-state index contributed by atoms with van der Waals surface area (Å²) >= 11 is 0. The van der Waals surface area contributed by atoms with Crippen LogP contribution in [0.25, 0.3) is 6.08 Å². The minimum atomic E-state index is -0.736. The number of urea groups is 1. The molecule has 0 aromatic heterocycles. The lowest BCUT2D eigenvalue weighted by Crippen LogP contribution is -2.46. The molecule has 0 heterocycles. The van der Waals surface area contributed by atoms with Gasteiger partial charge in [0.15, 0.2) is 0 Å². The Morgan fingerprint density at radius 3 is 2.36 bits per heavy atom. The van der Waals surface area contributed by atoms with Crippen molar-refractivity contribution in [3.8, 4) is 0 Å². The zero-order chi connectivity index (χ0) is 18.8. The second-order valence-corrected chi connectivity index (χ2v) is 5.89. The molecule has 0 aliphatic carbocycles. The third-order valence-electron chi connectivity index (χ3n) is 3.22. The van der Waals surface area contributed by atoms with Crippen molar-refractivity contribution in [1.29, 1.82) is 0 Å². The van der Waals surface area contributed by atoms with Crippen LogP contribution in [0, 0.1) is 5.92 Å². The topological polar surface area (TPSA) is 111 Å². The van der Waals surface area contributed by atoms with E-state index in [1.54, 1.807) is 37.3 Å². The minimum absolute atomic E-state index is 0.220. The third-order valence-corrected chi connectivity index (χ3v) is 3.22. The van der Waals surface area contributed by atoms with Gasteiger partial charge in [-0.15, -0.1) is 0 Å². The molecule has 0 saturated heterocycles. The summed E-state index contributed by atoms with van der Waals surface area (Å²) in [6.45, 7) is 5.97. The number of primary amides is 1. The Morgan fingerprint density at radius 2 is 1.84 bits per heavy atom. The van der Waals surface area contributed by atoms with Gasteiger partial charge in [0.2, 0.25) is 5.91 Å². The van der Waals surface area contributed by atoms with E-state index in [4.69, 9.17) is 10.5 Å². The molecule has 0 saturated carbocycles. The van der Waals surface area contributed by atoms with Crippen LogP contribution in [-0.2, 0) is 14.3 Å². The summed E-state index contributed by atoms with van der Waals surface area (Å²) in [7, 11) is 0. The number of rotatable bonds is 8. The van der Waals surface area contributed by atoms with Gasteiger partial charge in [0, 0.05) is 11.8 Å². The average Bonchev–Trinajstić information content (AvgIpc) is 2.53. The van der Waals surface area contributed by atoms with Crippen LogP contribution in [0.15, 0.2) is 30.3 Å². The van der Waals surface area contributed by atoms with E-state index in [1.807, 2.05) is 13.8 Å². The van der Waals surface area contributed by atoms with Crippen molar-refractivity contribution in [3.05, 3.63) is 35.9 Å². The van der Waals surface area contributed by atoms with Crippen LogP contribution in [0.3, 0.4) is 0 Å². The predicted octanol–water partition coefficient (Wildman–Crippen LogP) is 2.28. The predicted molar refractivity (Wildman–Crippen MR) is 96.7 cm³/mol. The molecule has 4 N–H and O–H groups in total. The monoisotopic (exact) mass is 347 g/mol. The Kier molecular flexibility index (Phi) is 8.18. The average molecular weight is 347 g/mol. The molecule has 136 valence electrons. The Labute approximate surface area is 147 Å². The summed E-state index contributed by atoms with van der Waals surface area (Å²) < 4.78 is 4.80. The van der Waals surface area contributed by atoms with Crippen LogP contribution in [0.5, 0.6) is 0 Å². The molecule has 0 aliphatic rings. The van der Waals surface area contributed by atoms with Crippen molar-refractivity contribution in [1.82, 2.24) is 5.32 Å². The summed E-state index contributed by atoms with van der Waals surface area (Å²) in [4.78, 5) is 34.6. The van der Waals surface area contributed by atoms with Gasteiger partial charge in [-0.2, -0.15) is 0 Å². The normalized spacial score (nSPS) is 12.0. The van der Waals surface area contributed by atoms with Gasteiger partial charge in [0.25, 0.3) is 0 Å². The second-order valence-electron chi connectivity index (χ2n) is 5.89. The van der Waals surface area contributed by atoms with Crippen LogP contribution in [0.1, 0.15) is 32.8 Å². The largest absolute Gasteiger partial charge is 0.463 e. The van der Waals surface area contributed by atoms with Crippen molar-refractivity contribution in [3.63, 3.8) is 0 Å². The van der Waals surface area contributed by atoms with E-state index in [9.17, 15) is 14.4 Å². The fourth-order valence-electron chi connectivity index (χ4n) is 2.14. The Hall–Kier alpha value is -2.83. The maximum Gasteiger partial charge on any atom is 0.330 e. The highest BCUT2D eigenvalue weighted by atomic mass is 16.5. The first-order chi connectivity index (χ1) is 11.8. The number of hydrogen-bond acceptors (Lipinski definition) is 4. The number of nitrogens with two attached hydrogens (primary N) is 1. The summed E-state index contributed by atoms with van der Waals surface area (Å²) in [5.74, 6) is -0.519. The van der Waals surface area contributed by atoms with Crippen LogP contribution >= 0.6 is 0 Å². The number of carbonyl (C=O) groups excluding carboxylic acids is 3. The minimum Gasteiger partial charge on any atom is -0.463 e. The van der Waals surface area contributed by atoms with Gasteiger partial charge in [-0.1, -0.05) is 26.0 Å². The Balaban J connectivity index is 2.70. The summed E-state index contributed by atoms with van der Waals surface area (Å²) in [6.07, 6.45) is 3.45. The van der Waals surface area contributed by atoms with Gasteiger partial charge in [-0.3, -0.25) is 4.79 Å². The van der Waals surface area contributed by atoms with E-state index in [2.05, 4.69) is 10.6 Å². The molecule has 0 aliphatic heterocycles. The lowest BCUT2D eigenvalue weighted by molar-refractivity contribution is -0.137. The van der Waals surface area contributed by atoms with Gasteiger partial charge in [-0.05, 0) is 43.0 Å². The zero-order valence-electron chi connectivity index (χ0n) is 14.7. The third kappa shape index (κ3) is 8.01. The highest BCUT2D eigenvalue weighted by Gasteiger charge is 2.21. The molecule has 0 radical (unpaired) electrons. The van der Waals surface area contributed by atoms with E-state index in [1.165, 1.54) is 6.08 Å². The summed E-state index contributed by atoms with van der Waals surface area (Å²) in [5, 5.41) is 5.19. The molecule has 0 spiro atoms. The number of amides is 3. The number of nitrogens with one attached hydrogen (secondary N) is 2. The fraction of sp³-hybridized carbons (Fsp3) is 0.389. The van der Waals surface area contributed by atoms with Crippen molar-refractivity contribution in [2.75, 3.05) is 11.9 Å². The van der Waals surface area contributed by atoms with E-state index in [-0.39, 0.29) is 11.8 Å². The van der Waals surface area contributed by atoms with Gasteiger partial charge in [0.1, 0.15) is 6.04 Å². The van der Waals surface area contributed by atoms with Crippen LogP contribution in [-0.4, -0.2) is 30.6 Å². The molecule has 1 rings (SSSR count). The van der Waals surface area contributed by atoms with Crippen molar-refractivity contribution in [2.45, 2.75) is 33.2 Å². The first-order valence-corrected chi connectivity index (χ1v) is 8.13. The number of anilines is 1.